The fourth-order valence-electron chi connectivity index (χ4n) is 5.27. The molecule has 0 bridgehead atoms. The second-order valence-corrected chi connectivity index (χ2v) is 8.57. The molecule has 2 saturated carbocycles. The monoisotopic (exact) mass is 317 g/mol. The summed E-state index contributed by atoms with van der Waals surface area (Å²) in [5, 5.41) is 9.95. The maximum atomic E-state index is 9.95. The van der Waals surface area contributed by atoms with Gasteiger partial charge in [0.2, 0.25) is 0 Å². The number of hydrogen-bond acceptors (Lipinski definition) is 1. The third-order valence-electron chi connectivity index (χ3n) is 7.03. The van der Waals surface area contributed by atoms with E-state index in [9.17, 15) is 5.26 Å². The van der Waals surface area contributed by atoms with E-state index in [1.165, 1.54) is 96.3 Å². The van der Waals surface area contributed by atoms with Gasteiger partial charge in [-0.2, -0.15) is 5.26 Å². The predicted molar refractivity (Wildman–Crippen MR) is 99.1 cm³/mol. The van der Waals surface area contributed by atoms with Gasteiger partial charge in [-0.1, -0.05) is 71.6 Å². The van der Waals surface area contributed by atoms with E-state index in [0.717, 1.165) is 11.8 Å². The van der Waals surface area contributed by atoms with E-state index in [4.69, 9.17) is 0 Å². The predicted octanol–water partition coefficient (Wildman–Crippen LogP) is 7.26. The van der Waals surface area contributed by atoms with Crippen molar-refractivity contribution in [1.82, 2.24) is 0 Å². The van der Waals surface area contributed by atoms with E-state index in [2.05, 4.69) is 19.9 Å². The first kappa shape index (κ1) is 18.8. The minimum Gasteiger partial charge on any atom is -0.198 e. The summed E-state index contributed by atoms with van der Waals surface area (Å²) in [4.78, 5) is 0. The number of nitriles is 1. The summed E-state index contributed by atoms with van der Waals surface area (Å²) >= 11 is 0. The minimum absolute atomic E-state index is 0.0527. The second-order valence-electron chi connectivity index (χ2n) is 8.57. The van der Waals surface area contributed by atoms with Crippen LogP contribution in [-0.2, 0) is 0 Å². The Hall–Kier alpha value is -0.510. The largest absolute Gasteiger partial charge is 0.198 e. The molecule has 0 N–H and O–H groups in total. The van der Waals surface area contributed by atoms with E-state index in [1.807, 2.05) is 0 Å². The highest BCUT2D eigenvalue weighted by Gasteiger charge is 2.43. The van der Waals surface area contributed by atoms with Crippen LogP contribution in [0.4, 0.5) is 0 Å². The quantitative estimate of drug-likeness (QED) is 0.432. The van der Waals surface area contributed by atoms with Crippen LogP contribution in [0.5, 0.6) is 0 Å². The molecular weight excluding hydrogens is 278 g/mol. The number of unbranched alkanes of at least 4 members (excludes halogenated alkanes) is 3. The average molecular weight is 318 g/mol. The molecule has 0 aromatic heterocycles. The van der Waals surface area contributed by atoms with Gasteiger partial charge in [-0.25, -0.2) is 0 Å². The number of nitrogens with zero attached hydrogens (tertiary/aromatic N) is 1. The van der Waals surface area contributed by atoms with Crippen molar-refractivity contribution >= 4 is 0 Å². The lowest BCUT2D eigenvalue weighted by molar-refractivity contribution is 0.0843. The van der Waals surface area contributed by atoms with E-state index in [0.29, 0.717) is 5.92 Å². The first-order valence-electron chi connectivity index (χ1n) is 10.6. The first-order valence-corrected chi connectivity index (χ1v) is 10.6. The molecule has 2 fully saturated rings. The molecule has 23 heavy (non-hydrogen) atoms. The molecule has 2 aliphatic carbocycles. The molecule has 2 rings (SSSR count). The van der Waals surface area contributed by atoms with Crippen LogP contribution in [0.1, 0.15) is 110 Å². The normalized spacial score (nSPS) is 34.9. The van der Waals surface area contributed by atoms with Gasteiger partial charge in [0.25, 0.3) is 0 Å². The summed E-state index contributed by atoms with van der Waals surface area (Å²) in [5.41, 5.74) is 0.0527. The van der Waals surface area contributed by atoms with Gasteiger partial charge in [0.1, 0.15) is 0 Å². The first-order chi connectivity index (χ1) is 11.2. The Balaban J connectivity index is 1.78. The molecule has 0 atom stereocenters. The van der Waals surface area contributed by atoms with Gasteiger partial charge in [0, 0.05) is 0 Å². The van der Waals surface area contributed by atoms with Crippen LogP contribution >= 0.6 is 0 Å². The smallest absolute Gasteiger partial charge is 0.0692 e. The third-order valence-corrected chi connectivity index (χ3v) is 7.03. The van der Waals surface area contributed by atoms with Crippen molar-refractivity contribution in [3.63, 3.8) is 0 Å². The van der Waals surface area contributed by atoms with Crippen molar-refractivity contribution in [3.05, 3.63) is 0 Å². The molecule has 0 aromatic rings. The van der Waals surface area contributed by atoms with Crippen LogP contribution < -0.4 is 0 Å². The Morgan fingerprint density at radius 2 is 1.35 bits per heavy atom. The van der Waals surface area contributed by atoms with E-state index in [1.54, 1.807) is 0 Å². The van der Waals surface area contributed by atoms with Gasteiger partial charge in [-0.05, 0) is 56.3 Å². The Bertz CT molecular complexity index is 351. The summed E-state index contributed by atoms with van der Waals surface area (Å²) in [6.45, 7) is 4.59. The SMILES string of the molecule is CCCCCC1CCC(C2(C#N)CCC(CCCC)CC2)CC1. The zero-order valence-electron chi connectivity index (χ0n) is 15.8. The Morgan fingerprint density at radius 1 is 0.783 bits per heavy atom. The van der Waals surface area contributed by atoms with Crippen molar-refractivity contribution < 1.29 is 0 Å². The average Bonchev–Trinajstić information content (AvgIpc) is 2.61. The van der Waals surface area contributed by atoms with Crippen LogP contribution in [-0.4, -0.2) is 0 Å². The molecule has 0 unspecified atom stereocenters. The molecule has 0 amide bonds. The van der Waals surface area contributed by atoms with E-state index >= 15 is 0 Å². The zero-order valence-corrected chi connectivity index (χ0v) is 15.8. The van der Waals surface area contributed by atoms with Gasteiger partial charge in [0.05, 0.1) is 11.5 Å². The molecule has 2 aliphatic rings. The third kappa shape index (κ3) is 5.23. The highest BCUT2D eigenvalue weighted by Crippen LogP contribution is 2.50. The molecule has 0 heterocycles. The molecule has 132 valence electrons. The Labute approximate surface area is 145 Å². The number of rotatable bonds is 8. The molecule has 0 spiro atoms. The van der Waals surface area contributed by atoms with Gasteiger partial charge in [0.15, 0.2) is 0 Å². The lowest BCUT2D eigenvalue weighted by Gasteiger charge is -2.43. The fourth-order valence-corrected chi connectivity index (χ4v) is 5.27. The summed E-state index contributed by atoms with van der Waals surface area (Å²) in [6, 6.07) is 2.83. The fraction of sp³-hybridized carbons (Fsp3) is 0.955. The Kier molecular flexibility index (Phi) is 7.94. The summed E-state index contributed by atoms with van der Waals surface area (Å²) in [5.74, 6) is 2.60. The summed E-state index contributed by atoms with van der Waals surface area (Å²) < 4.78 is 0. The lowest BCUT2D eigenvalue weighted by Crippen LogP contribution is -2.36. The molecule has 0 aromatic carbocycles. The lowest BCUT2D eigenvalue weighted by atomic mass is 9.59. The topological polar surface area (TPSA) is 23.8 Å². The highest BCUT2D eigenvalue weighted by molar-refractivity contribution is 5.06. The molecule has 1 nitrogen and oxygen atoms in total. The standard InChI is InChI=1S/C22H39N/c1-3-5-7-9-19-10-12-21(13-11-19)22(18-23)16-14-20(15-17-22)8-6-4-2/h19-21H,3-17H2,1-2H3. The molecular formula is C22H39N. The van der Waals surface area contributed by atoms with Crippen molar-refractivity contribution in [2.24, 2.45) is 23.2 Å². The van der Waals surface area contributed by atoms with Gasteiger partial charge < -0.3 is 0 Å². The van der Waals surface area contributed by atoms with Crippen LogP contribution in [0.2, 0.25) is 0 Å². The van der Waals surface area contributed by atoms with Crippen molar-refractivity contribution in [3.8, 4) is 6.07 Å². The van der Waals surface area contributed by atoms with E-state index < -0.39 is 0 Å². The van der Waals surface area contributed by atoms with Crippen molar-refractivity contribution in [1.29, 1.82) is 5.26 Å². The molecule has 0 saturated heterocycles. The highest BCUT2D eigenvalue weighted by atomic mass is 14.5. The van der Waals surface area contributed by atoms with Crippen LogP contribution in [0, 0.1) is 34.5 Å². The zero-order chi connectivity index (χ0) is 16.5. The molecule has 1 heteroatoms. The van der Waals surface area contributed by atoms with Crippen molar-refractivity contribution in [2.75, 3.05) is 0 Å². The summed E-state index contributed by atoms with van der Waals surface area (Å²) in [7, 11) is 0. The van der Waals surface area contributed by atoms with Gasteiger partial charge in [-0.15, -0.1) is 0 Å². The van der Waals surface area contributed by atoms with Crippen LogP contribution in [0.15, 0.2) is 0 Å². The Morgan fingerprint density at radius 3 is 1.91 bits per heavy atom. The molecule has 0 aliphatic heterocycles. The number of hydrogen-bond donors (Lipinski definition) is 0. The van der Waals surface area contributed by atoms with Crippen LogP contribution in [0.3, 0.4) is 0 Å². The van der Waals surface area contributed by atoms with Gasteiger partial charge in [-0.3, -0.25) is 0 Å². The van der Waals surface area contributed by atoms with Crippen LogP contribution in [0.25, 0.3) is 0 Å². The van der Waals surface area contributed by atoms with E-state index in [-0.39, 0.29) is 5.41 Å². The second kappa shape index (κ2) is 9.71. The maximum absolute atomic E-state index is 9.95. The molecule has 0 radical (unpaired) electrons. The van der Waals surface area contributed by atoms with Crippen molar-refractivity contribution in [2.45, 2.75) is 110 Å². The summed E-state index contributed by atoms with van der Waals surface area (Å²) in [6.07, 6.45) is 20.2. The van der Waals surface area contributed by atoms with Gasteiger partial charge >= 0.3 is 0 Å². The minimum atomic E-state index is 0.0527. The maximum Gasteiger partial charge on any atom is 0.0692 e.